The number of hydrogen-bond donors (Lipinski definition) is 2. The molecule has 4 heterocycles. The molecule has 234 valence electrons. The van der Waals surface area contributed by atoms with Gasteiger partial charge >= 0.3 is 6.01 Å². The second-order valence-electron chi connectivity index (χ2n) is 12.0. The van der Waals surface area contributed by atoms with Gasteiger partial charge in [0.1, 0.15) is 18.2 Å². The number of β-amino-alcohol motifs (C(OH)–C–C–N with tert-alkyl or cyclic N) is 1. The molecule has 3 atom stereocenters. The summed E-state index contributed by atoms with van der Waals surface area (Å²) < 4.78 is 6.22. The number of rotatable bonds is 8. The van der Waals surface area contributed by atoms with Gasteiger partial charge in [-0.05, 0) is 43.0 Å². The Morgan fingerprint density at radius 3 is 2.73 bits per heavy atom. The van der Waals surface area contributed by atoms with Gasteiger partial charge in [0.25, 0.3) is 0 Å². The average Bonchev–Trinajstić information content (AvgIpc) is 3.38. The fourth-order valence-corrected chi connectivity index (χ4v) is 6.91. The number of carbonyl (C=O) groups is 1. The van der Waals surface area contributed by atoms with Crippen LogP contribution >= 0.6 is 0 Å². The predicted molar refractivity (Wildman–Crippen MR) is 173 cm³/mol. The van der Waals surface area contributed by atoms with E-state index in [1.165, 1.54) is 6.08 Å². The van der Waals surface area contributed by atoms with E-state index in [-0.39, 0.29) is 42.3 Å². The number of likely N-dealkylation sites (tertiary alicyclic amines) is 1. The highest BCUT2D eigenvalue weighted by molar-refractivity contribution is 6.01. The molecule has 6 rings (SSSR count). The van der Waals surface area contributed by atoms with Crippen molar-refractivity contribution in [1.29, 1.82) is 5.26 Å². The van der Waals surface area contributed by atoms with Crippen LogP contribution in [0, 0.1) is 11.3 Å². The van der Waals surface area contributed by atoms with E-state index in [0.29, 0.717) is 58.7 Å². The lowest BCUT2D eigenvalue weighted by molar-refractivity contribution is -0.128. The summed E-state index contributed by atoms with van der Waals surface area (Å²) in [5, 5.41) is 32.3. The van der Waals surface area contributed by atoms with Gasteiger partial charge in [-0.2, -0.15) is 15.2 Å². The summed E-state index contributed by atoms with van der Waals surface area (Å²) in [6.07, 6.45) is 4.22. The molecule has 3 aromatic rings. The summed E-state index contributed by atoms with van der Waals surface area (Å²) in [7, 11) is 1.97. The number of benzene rings is 2. The monoisotopic (exact) mass is 609 g/mol. The van der Waals surface area contributed by atoms with Gasteiger partial charge in [0.2, 0.25) is 5.91 Å². The van der Waals surface area contributed by atoms with Crippen molar-refractivity contribution in [2.45, 2.75) is 44.0 Å². The van der Waals surface area contributed by atoms with Crippen LogP contribution in [0.1, 0.15) is 29.7 Å². The van der Waals surface area contributed by atoms with Crippen molar-refractivity contribution >= 4 is 34.3 Å². The van der Waals surface area contributed by atoms with E-state index < -0.39 is 0 Å². The lowest BCUT2D eigenvalue weighted by Crippen LogP contribution is -2.55. The number of nitrogens with zero attached hydrogens (tertiary/aromatic N) is 7. The first-order valence-electron chi connectivity index (χ1n) is 15.4. The van der Waals surface area contributed by atoms with Crippen LogP contribution < -0.4 is 14.5 Å². The molecule has 2 aromatic carbocycles. The van der Waals surface area contributed by atoms with Crippen LogP contribution in [0.15, 0.2) is 49.6 Å². The number of carbonyl (C=O) groups excluding carboxylic acids is 1. The third kappa shape index (κ3) is 6.03. The average molecular weight is 610 g/mol. The first kappa shape index (κ1) is 30.4. The fourth-order valence-electron chi connectivity index (χ4n) is 6.91. The Morgan fingerprint density at radius 2 is 2.00 bits per heavy atom. The number of phenolic OH excluding ortho intramolecular Hbond substituents is 1. The molecule has 0 aliphatic carbocycles. The second kappa shape index (κ2) is 12.8. The molecule has 1 aromatic heterocycles. The van der Waals surface area contributed by atoms with Gasteiger partial charge in [-0.15, -0.1) is 0 Å². The molecular weight excluding hydrogens is 570 g/mol. The Morgan fingerprint density at radius 1 is 1.16 bits per heavy atom. The molecule has 1 amide bonds. The van der Waals surface area contributed by atoms with Crippen molar-refractivity contribution < 1.29 is 19.7 Å². The minimum atomic E-state index is -0.388. The van der Waals surface area contributed by atoms with Crippen LogP contribution in [0.4, 0.5) is 11.5 Å². The van der Waals surface area contributed by atoms with Gasteiger partial charge in [-0.1, -0.05) is 37.4 Å². The Balaban J connectivity index is 1.36. The van der Waals surface area contributed by atoms with Crippen molar-refractivity contribution in [3.8, 4) is 17.8 Å². The Kier molecular flexibility index (Phi) is 8.61. The number of aromatic hydroxyl groups is 1. The standard InChI is InChI=1S/C34H39N7O4/c1-4-22-7-6-8-23-15-26(42)17-30(32(22)23)39-12-10-28-29(20-39)36-34(45-21-25-16-27(43)19-38(25)3)37-33(28)40-13-14-41(31(44)5-2)24(18-40)9-11-35/h4-8,15,17,24-25,27,42-43H,1-2,9-10,12-14,16,18-21H2,3H3/t24-,25-,27?/m0/s1. The first-order chi connectivity index (χ1) is 21.8. The molecule has 1 unspecified atom stereocenters. The van der Waals surface area contributed by atoms with Gasteiger partial charge in [0.05, 0.1) is 36.9 Å². The van der Waals surface area contributed by atoms with Gasteiger partial charge in [-0.25, -0.2) is 0 Å². The van der Waals surface area contributed by atoms with Crippen LogP contribution in [-0.4, -0.2) is 100 Å². The summed E-state index contributed by atoms with van der Waals surface area (Å²) in [6, 6.07) is 11.8. The fraction of sp³-hybridized carbons (Fsp3) is 0.412. The van der Waals surface area contributed by atoms with Crippen LogP contribution in [0.3, 0.4) is 0 Å². The maximum absolute atomic E-state index is 12.6. The molecule has 2 N–H and O–H groups in total. The van der Waals surface area contributed by atoms with Gasteiger partial charge in [0.15, 0.2) is 0 Å². The number of aliphatic hydroxyl groups is 1. The minimum Gasteiger partial charge on any atom is -0.508 e. The lowest BCUT2D eigenvalue weighted by Gasteiger charge is -2.42. The molecule has 3 aliphatic heterocycles. The highest BCUT2D eigenvalue weighted by Crippen LogP contribution is 2.38. The van der Waals surface area contributed by atoms with E-state index in [1.54, 1.807) is 17.0 Å². The predicted octanol–water partition coefficient (Wildman–Crippen LogP) is 3.10. The van der Waals surface area contributed by atoms with Crippen molar-refractivity contribution in [3.63, 3.8) is 0 Å². The van der Waals surface area contributed by atoms with Crippen molar-refractivity contribution in [3.05, 3.63) is 66.4 Å². The third-order valence-electron chi connectivity index (χ3n) is 9.19. The summed E-state index contributed by atoms with van der Waals surface area (Å²) in [6.45, 7) is 11.2. The number of aromatic nitrogens is 2. The Bertz CT molecular complexity index is 1670. The van der Waals surface area contributed by atoms with Crippen LogP contribution in [-0.2, 0) is 17.8 Å². The molecule has 11 nitrogen and oxygen atoms in total. The Hall–Kier alpha value is -4.66. The van der Waals surface area contributed by atoms with E-state index in [4.69, 9.17) is 14.7 Å². The zero-order valence-corrected chi connectivity index (χ0v) is 25.6. The molecule has 2 saturated heterocycles. The van der Waals surface area contributed by atoms with Crippen LogP contribution in [0.5, 0.6) is 11.8 Å². The number of likely N-dealkylation sites (N-methyl/N-ethyl adjacent to an activating group) is 1. The van der Waals surface area contributed by atoms with E-state index in [0.717, 1.165) is 39.1 Å². The normalized spacial score (nSPS) is 21.8. The molecule has 0 radical (unpaired) electrons. The van der Waals surface area contributed by atoms with E-state index in [1.807, 2.05) is 31.3 Å². The quantitative estimate of drug-likeness (QED) is 0.368. The van der Waals surface area contributed by atoms with Gasteiger partial charge < -0.3 is 29.6 Å². The SMILES string of the molecule is C=CC(=O)N1CCN(c2nc(OC[C@@H]3CC(O)CN3C)nc3c2CCN(c2cc(O)cc4cccc(C=C)c24)C3)C[C@@H]1CC#N. The summed E-state index contributed by atoms with van der Waals surface area (Å²) in [5.41, 5.74) is 3.73. The van der Waals surface area contributed by atoms with E-state index in [9.17, 15) is 20.3 Å². The lowest BCUT2D eigenvalue weighted by atomic mass is 9.98. The van der Waals surface area contributed by atoms with Crippen molar-refractivity contribution in [2.75, 3.05) is 56.2 Å². The summed E-state index contributed by atoms with van der Waals surface area (Å²) in [5.74, 6) is 0.769. The molecule has 0 saturated carbocycles. The number of nitriles is 1. The highest BCUT2D eigenvalue weighted by atomic mass is 16.5. The third-order valence-corrected chi connectivity index (χ3v) is 9.19. The maximum atomic E-state index is 12.6. The molecule has 45 heavy (non-hydrogen) atoms. The van der Waals surface area contributed by atoms with E-state index >= 15 is 0 Å². The van der Waals surface area contributed by atoms with Crippen LogP contribution in [0.25, 0.3) is 16.8 Å². The van der Waals surface area contributed by atoms with Gasteiger partial charge in [-0.3, -0.25) is 9.69 Å². The molecule has 2 fully saturated rings. The molecular formula is C34H39N7O4. The summed E-state index contributed by atoms with van der Waals surface area (Å²) >= 11 is 0. The van der Waals surface area contributed by atoms with Gasteiger partial charge in [0, 0.05) is 61.5 Å². The summed E-state index contributed by atoms with van der Waals surface area (Å²) in [4.78, 5) is 30.5. The number of amides is 1. The van der Waals surface area contributed by atoms with Crippen LogP contribution in [0.2, 0.25) is 0 Å². The molecule has 0 spiro atoms. The largest absolute Gasteiger partial charge is 0.508 e. The zero-order chi connectivity index (χ0) is 31.7. The number of anilines is 2. The topological polar surface area (TPSA) is 129 Å². The smallest absolute Gasteiger partial charge is 0.318 e. The number of piperazine rings is 1. The number of fused-ring (bicyclic) bond motifs is 2. The minimum absolute atomic E-state index is 0.0454. The Labute approximate surface area is 263 Å². The number of ether oxygens (including phenoxy) is 1. The number of hydrogen-bond acceptors (Lipinski definition) is 10. The second-order valence-corrected chi connectivity index (χ2v) is 12.0. The molecule has 0 bridgehead atoms. The van der Waals surface area contributed by atoms with Crippen molar-refractivity contribution in [2.24, 2.45) is 0 Å². The molecule has 11 heteroatoms. The number of aliphatic hydroxyl groups excluding tert-OH is 1. The van der Waals surface area contributed by atoms with E-state index in [2.05, 4.69) is 33.9 Å². The zero-order valence-electron chi connectivity index (χ0n) is 25.6. The van der Waals surface area contributed by atoms with Crippen molar-refractivity contribution in [1.82, 2.24) is 19.8 Å². The molecule has 3 aliphatic rings. The number of phenols is 1. The highest BCUT2D eigenvalue weighted by Gasteiger charge is 2.34. The maximum Gasteiger partial charge on any atom is 0.318 e. The first-order valence-corrected chi connectivity index (χ1v) is 15.4.